The van der Waals surface area contributed by atoms with Gasteiger partial charge in [-0.1, -0.05) is 35.4 Å². The van der Waals surface area contributed by atoms with Gasteiger partial charge in [-0.2, -0.15) is 0 Å². The minimum Gasteiger partial charge on any atom is -0.494 e. The Morgan fingerprint density at radius 1 is 1.15 bits per heavy atom. The Morgan fingerprint density at radius 3 is 2.40 bits per heavy atom. The van der Waals surface area contributed by atoms with E-state index in [1.165, 1.54) is 19.2 Å². The fraction of sp³-hybridized carbons (Fsp3) is 0.235. The Morgan fingerprint density at radius 2 is 1.80 bits per heavy atom. The first-order valence-corrected chi connectivity index (χ1v) is 6.44. The van der Waals surface area contributed by atoms with Gasteiger partial charge in [-0.05, 0) is 31.5 Å². The highest BCUT2D eigenvalue weighted by Gasteiger charge is 2.16. The van der Waals surface area contributed by atoms with Crippen LogP contribution in [0.5, 0.6) is 5.75 Å². The van der Waals surface area contributed by atoms with Gasteiger partial charge in [-0.25, -0.2) is 4.39 Å². The average Bonchev–Trinajstić information content (AvgIpc) is 2.37. The topological polar surface area (TPSA) is 26.3 Å². The van der Waals surface area contributed by atoms with Crippen molar-refractivity contribution in [2.75, 3.05) is 7.11 Å². The molecule has 0 amide bonds. The standard InChI is InChI=1S/C17H17FO2/c1-11-7-12(2)9-13(8-11)10-15(19)14-5-4-6-16(20-3)17(14)18/h4-9H,10H2,1-3H3. The van der Waals surface area contributed by atoms with Gasteiger partial charge in [-0.3, -0.25) is 4.79 Å². The summed E-state index contributed by atoms with van der Waals surface area (Å²) in [6.07, 6.45) is 0.187. The molecule has 0 aliphatic heterocycles. The maximum absolute atomic E-state index is 14.0. The van der Waals surface area contributed by atoms with Gasteiger partial charge in [0.1, 0.15) is 0 Å². The first kappa shape index (κ1) is 14.3. The molecule has 0 heterocycles. The highest BCUT2D eigenvalue weighted by molar-refractivity contribution is 5.98. The van der Waals surface area contributed by atoms with Crippen LogP contribution in [-0.4, -0.2) is 12.9 Å². The summed E-state index contributed by atoms with van der Waals surface area (Å²) in [5, 5.41) is 0. The zero-order valence-electron chi connectivity index (χ0n) is 11.9. The highest BCUT2D eigenvalue weighted by atomic mass is 19.1. The van der Waals surface area contributed by atoms with Crippen molar-refractivity contribution in [1.82, 2.24) is 0 Å². The molecule has 0 fully saturated rings. The number of ether oxygens (including phenoxy) is 1. The van der Waals surface area contributed by atoms with Crippen LogP contribution in [0, 0.1) is 19.7 Å². The molecule has 2 nitrogen and oxygen atoms in total. The van der Waals surface area contributed by atoms with E-state index in [9.17, 15) is 9.18 Å². The van der Waals surface area contributed by atoms with Crippen LogP contribution in [0.25, 0.3) is 0 Å². The number of rotatable bonds is 4. The molecular formula is C17H17FO2. The minimum atomic E-state index is -0.593. The van der Waals surface area contributed by atoms with Gasteiger partial charge in [0, 0.05) is 6.42 Å². The van der Waals surface area contributed by atoms with Gasteiger partial charge < -0.3 is 4.74 Å². The predicted molar refractivity (Wildman–Crippen MR) is 76.9 cm³/mol. The summed E-state index contributed by atoms with van der Waals surface area (Å²) in [5.41, 5.74) is 3.16. The molecular weight excluding hydrogens is 255 g/mol. The van der Waals surface area contributed by atoms with E-state index >= 15 is 0 Å². The van der Waals surface area contributed by atoms with E-state index < -0.39 is 5.82 Å². The summed E-state index contributed by atoms with van der Waals surface area (Å²) in [7, 11) is 1.39. The lowest BCUT2D eigenvalue weighted by atomic mass is 9.99. The van der Waals surface area contributed by atoms with Crippen LogP contribution < -0.4 is 4.74 Å². The van der Waals surface area contributed by atoms with Crippen molar-refractivity contribution in [3.05, 3.63) is 64.5 Å². The van der Waals surface area contributed by atoms with E-state index in [-0.39, 0.29) is 23.5 Å². The SMILES string of the molecule is COc1cccc(C(=O)Cc2cc(C)cc(C)c2)c1F. The number of ketones is 1. The number of carbonyl (C=O) groups excluding carboxylic acids is 1. The first-order chi connectivity index (χ1) is 9.51. The number of benzene rings is 2. The van der Waals surface area contributed by atoms with E-state index in [1.54, 1.807) is 6.07 Å². The van der Waals surface area contributed by atoms with Crippen molar-refractivity contribution < 1.29 is 13.9 Å². The van der Waals surface area contributed by atoms with E-state index in [1.807, 2.05) is 32.0 Å². The molecule has 0 bridgehead atoms. The Labute approximate surface area is 118 Å². The molecule has 0 aliphatic carbocycles. The maximum atomic E-state index is 14.0. The maximum Gasteiger partial charge on any atom is 0.175 e. The lowest BCUT2D eigenvalue weighted by Gasteiger charge is -2.08. The second-order valence-corrected chi connectivity index (χ2v) is 4.92. The van der Waals surface area contributed by atoms with Crippen LogP contribution in [0.1, 0.15) is 27.0 Å². The normalized spacial score (nSPS) is 10.4. The van der Waals surface area contributed by atoms with Crippen molar-refractivity contribution in [2.45, 2.75) is 20.3 Å². The predicted octanol–water partition coefficient (Wildman–Crippen LogP) is 3.88. The molecule has 0 unspecified atom stereocenters. The second-order valence-electron chi connectivity index (χ2n) is 4.92. The quantitative estimate of drug-likeness (QED) is 0.790. The van der Waals surface area contributed by atoms with Crippen molar-refractivity contribution >= 4 is 5.78 Å². The van der Waals surface area contributed by atoms with Crippen molar-refractivity contribution in [3.63, 3.8) is 0 Å². The van der Waals surface area contributed by atoms with E-state index in [0.717, 1.165) is 16.7 Å². The van der Waals surface area contributed by atoms with Gasteiger partial charge in [0.25, 0.3) is 0 Å². The Bertz CT molecular complexity index is 627. The van der Waals surface area contributed by atoms with Gasteiger partial charge in [0.05, 0.1) is 12.7 Å². The summed E-state index contributed by atoms with van der Waals surface area (Å²) in [5.74, 6) is -0.743. The number of methoxy groups -OCH3 is 1. The van der Waals surface area contributed by atoms with Crippen molar-refractivity contribution in [2.24, 2.45) is 0 Å². The zero-order valence-corrected chi connectivity index (χ0v) is 11.9. The van der Waals surface area contributed by atoms with Crippen LogP contribution in [0.15, 0.2) is 36.4 Å². The van der Waals surface area contributed by atoms with Crippen molar-refractivity contribution in [1.29, 1.82) is 0 Å². The molecule has 2 aromatic rings. The Kier molecular flexibility index (Phi) is 4.18. The number of hydrogen-bond donors (Lipinski definition) is 0. The van der Waals surface area contributed by atoms with Gasteiger partial charge >= 0.3 is 0 Å². The molecule has 0 saturated heterocycles. The second kappa shape index (κ2) is 5.87. The zero-order chi connectivity index (χ0) is 14.7. The smallest absolute Gasteiger partial charge is 0.175 e. The van der Waals surface area contributed by atoms with Crippen LogP contribution >= 0.6 is 0 Å². The van der Waals surface area contributed by atoms with E-state index in [4.69, 9.17) is 4.74 Å². The molecule has 0 radical (unpaired) electrons. The summed E-state index contributed by atoms with van der Waals surface area (Å²) in [4.78, 5) is 12.2. The van der Waals surface area contributed by atoms with Gasteiger partial charge in [0.2, 0.25) is 0 Å². The van der Waals surface area contributed by atoms with Crippen LogP contribution in [0.4, 0.5) is 4.39 Å². The third-order valence-electron chi connectivity index (χ3n) is 3.13. The lowest BCUT2D eigenvalue weighted by molar-refractivity contribution is 0.0988. The van der Waals surface area contributed by atoms with Crippen LogP contribution in [0.2, 0.25) is 0 Å². The molecule has 2 rings (SSSR count). The highest BCUT2D eigenvalue weighted by Crippen LogP contribution is 2.21. The minimum absolute atomic E-state index is 0.0727. The molecule has 0 aromatic heterocycles. The molecule has 0 aliphatic rings. The number of hydrogen-bond acceptors (Lipinski definition) is 2. The van der Waals surface area contributed by atoms with Crippen molar-refractivity contribution in [3.8, 4) is 5.75 Å². The largest absolute Gasteiger partial charge is 0.494 e. The average molecular weight is 272 g/mol. The van der Waals surface area contributed by atoms with Gasteiger partial charge in [0.15, 0.2) is 17.3 Å². The fourth-order valence-electron chi connectivity index (χ4n) is 2.34. The lowest BCUT2D eigenvalue weighted by Crippen LogP contribution is -2.07. The molecule has 20 heavy (non-hydrogen) atoms. The fourth-order valence-corrected chi connectivity index (χ4v) is 2.34. The number of Topliss-reactive ketones (excluding diaryl/α,β-unsaturated/α-hetero) is 1. The Balaban J connectivity index is 2.28. The number of carbonyl (C=O) groups is 1. The van der Waals surface area contributed by atoms with E-state index in [2.05, 4.69) is 0 Å². The monoisotopic (exact) mass is 272 g/mol. The molecule has 104 valence electrons. The van der Waals surface area contributed by atoms with Crippen LogP contribution in [-0.2, 0) is 6.42 Å². The summed E-state index contributed by atoms with van der Waals surface area (Å²) in [6, 6.07) is 10.6. The number of halogens is 1. The van der Waals surface area contributed by atoms with Crippen LogP contribution in [0.3, 0.4) is 0 Å². The van der Waals surface area contributed by atoms with E-state index in [0.29, 0.717) is 0 Å². The first-order valence-electron chi connectivity index (χ1n) is 6.44. The molecule has 0 saturated carbocycles. The summed E-state index contributed by atoms with van der Waals surface area (Å²) < 4.78 is 18.9. The number of aryl methyl sites for hydroxylation is 2. The summed E-state index contributed by atoms with van der Waals surface area (Å²) in [6.45, 7) is 3.96. The third-order valence-corrected chi connectivity index (χ3v) is 3.13. The molecule has 0 atom stereocenters. The molecule has 2 aromatic carbocycles. The third kappa shape index (κ3) is 3.05. The molecule has 0 spiro atoms. The van der Waals surface area contributed by atoms with Gasteiger partial charge in [-0.15, -0.1) is 0 Å². The molecule has 0 N–H and O–H groups in total. The molecule has 3 heteroatoms. The Hall–Kier alpha value is -2.16. The summed E-state index contributed by atoms with van der Waals surface area (Å²) >= 11 is 0.